The molecule has 0 radical (unpaired) electrons. The fraction of sp³-hybridized carbons (Fsp3) is 0.550. The van der Waals surface area contributed by atoms with E-state index in [1.807, 2.05) is 7.05 Å². The zero-order valence-electron chi connectivity index (χ0n) is 17.0. The molecule has 0 spiro atoms. The Bertz CT molecular complexity index is 859. The Morgan fingerprint density at radius 2 is 1.73 bits per heavy atom. The van der Waals surface area contributed by atoms with Gasteiger partial charge in [0.2, 0.25) is 0 Å². The molecule has 1 aliphatic rings. The molecule has 30 heavy (non-hydrogen) atoms. The van der Waals surface area contributed by atoms with Crippen LogP contribution >= 0.6 is 0 Å². The molecule has 1 aromatic carbocycles. The van der Waals surface area contributed by atoms with Crippen LogP contribution in [0.15, 0.2) is 24.3 Å². The second-order valence-corrected chi connectivity index (χ2v) is 7.67. The maximum absolute atomic E-state index is 13.7. The van der Waals surface area contributed by atoms with Crippen molar-refractivity contribution in [2.75, 3.05) is 27.2 Å². The van der Waals surface area contributed by atoms with Gasteiger partial charge in [0.15, 0.2) is 11.4 Å². The molecule has 1 amide bonds. The second kappa shape index (κ2) is 9.11. The maximum Gasteiger partial charge on any atom is 0.435 e. The lowest BCUT2D eigenvalue weighted by molar-refractivity contribution is -0.143. The van der Waals surface area contributed by atoms with Crippen molar-refractivity contribution in [1.29, 1.82) is 0 Å². The molecule has 1 saturated carbocycles. The monoisotopic (exact) mass is 427 g/mol. The Balaban J connectivity index is 1.77. The topological polar surface area (TPSA) is 54.3 Å². The van der Waals surface area contributed by atoms with Gasteiger partial charge in [-0.05, 0) is 44.2 Å². The van der Waals surface area contributed by atoms with Crippen molar-refractivity contribution >= 4 is 5.91 Å². The van der Waals surface area contributed by atoms with Crippen molar-refractivity contribution in [2.45, 2.75) is 44.3 Å². The highest BCUT2D eigenvalue weighted by atomic mass is 19.4. The molecule has 164 valence electrons. The summed E-state index contributed by atoms with van der Waals surface area (Å²) in [7, 11) is 3.42. The lowest BCUT2D eigenvalue weighted by Crippen LogP contribution is -2.40. The van der Waals surface area contributed by atoms with E-state index in [-0.39, 0.29) is 12.2 Å². The Labute approximate surface area is 172 Å². The maximum atomic E-state index is 13.7. The minimum Gasteiger partial charge on any atom is -0.339 e. The standard InChI is InChI=1S/C20H25F4N5O/c1-27(15-6-4-3-5-7-15)12-13-28(2)19(30)17-18(20(22,23)24)29(26-25-17)16-10-8-14(21)9-11-16/h8-11,15H,3-7,12-13H2,1-2H3. The number of benzene rings is 1. The third-order valence-electron chi connectivity index (χ3n) is 5.55. The zero-order chi connectivity index (χ0) is 21.9. The molecule has 0 N–H and O–H groups in total. The number of carbonyl (C=O) groups is 1. The first-order valence-corrected chi connectivity index (χ1v) is 9.93. The van der Waals surface area contributed by atoms with Gasteiger partial charge < -0.3 is 9.80 Å². The van der Waals surface area contributed by atoms with Crippen LogP contribution in [0, 0.1) is 5.82 Å². The Morgan fingerprint density at radius 1 is 1.10 bits per heavy atom. The first kappa shape index (κ1) is 22.2. The van der Waals surface area contributed by atoms with Gasteiger partial charge in [0, 0.05) is 26.2 Å². The van der Waals surface area contributed by atoms with E-state index in [1.165, 1.54) is 31.2 Å². The molecular weight excluding hydrogens is 402 g/mol. The molecule has 6 nitrogen and oxygen atoms in total. The third-order valence-corrected chi connectivity index (χ3v) is 5.55. The Morgan fingerprint density at radius 3 is 2.33 bits per heavy atom. The molecule has 1 aromatic heterocycles. The second-order valence-electron chi connectivity index (χ2n) is 7.67. The molecular formula is C20H25F4N5O. The first-order chi connectivity index (χ1) is 14.2. The van der Waals surface area contributed by atoms with E-state index in [0.717, 1.165) is 37.1 Å². The number of nitrogens with zero attached hydrogens (tertiary/aromatic N) is 5. The Hall–Kier alpha value is -2.49. The quantitative estimate of drug-likeness (QED) is 0.659. The average Bonchev–Trinajstić information content (AvgIpc) is 3.18. The molecule has 1 aliphatic carbocycles. The molecule has 0 aliphatic heterocycles. The van der Waals surface area contributed by atoms with Crippen LogP contribution in [0.1, 0.15) is 48.3 Å². The summed E-state index contributed by atoms with van der Waals surface area (Å²) >= 11 is 0. The summed E-state index contributed by atoms with van der Waals surface area (Å²) in [5.74, 6) is -1.45. The molecule has 2 aromatic rings. The largest absolute Gasteiger partial charge is 0.435 e. The van der Waals surface area contributed by atoms with Gasteiger partial charge in [-0.15, -0.1) is 5.10 Å². The fourth-order valence-corrected chi connectivity index (χ4v) is 3.74. The number of carbonyl (C=O) groups excluding carboxylic acids is 1. The van der Waals surface area contributed by atoms with Gasteiger partial charge in [-0.25, -0.2) is 9.07 Å². The van der Waals surface area contributed by atoms with Crippen molar-refractivity contribution in [3.8, 4) is 5.69 Å². The summed E-state index contributed by atoms with van der Waals surface area (Å²) in [5.41, 5.74) is -2.07. The van der Waals surface area contributed by atoms with Crippen LogP contribution in [-0.2, 0) is 6.18 Å². The third kappa shape index (κ3) is 4.97. The van der Waals surface area contributed by atoms with Crippen LogP contribution in [0.2, 0.25) is 0 Å². The van der Waals surface area contributed by atoms with Crippen LogP contribution < -0.4 is 0 Å². The van der Waals surface area contributed by atoms with Crippen molar-refractivity contribution in [3.05, 3.63) is 41.5 Å². The number of amides is 1. The van der Waals surface area contributed by atoms with Gasteiger partial charge in [0.05, 0.1) is 5.69 Å². The summed E-state index contributed by atoms with van der Waals surface area (Å²) in [6, 6.07) is 4.78. The summed E-state index contributed by atoms with van der Waals surface area (Å²) < 4.78 is 54.9. The number of halogens is 4. The van der Waals surface area contributed by atoms with Crippen molar-refractivity contribution in [1.82, 2.24) is 24.8 Å². The number of hydrogen-bond donors (Lipinski definition) is 0. The predicted molar refractivity (Wildman–Crippen MR) is 103 cm³/mol. The van der Waals surface area contributed by atoms with Crippen molar-refractivity contribution in [2.24, 2.45) is 0 Å². The van der Waals surface area contributed by atoms with Gasteiger partial charge in [-0.3, -0.25) is 4.79 Å². The molecule has 0 saturated heterocycles. The summed E-state index contributed by atoms with van der Waals surface area (Å²) in [6.45, 7) is 0.826. The van der Waals surface area contributed by atoms with Gasteiger partial charge in [0.1, 0.15) is 5.82 Å². The van der Waals surface area contributed by atoms with Gasteiger partial charge in [-0.1, -0.05) is 24.5 Å². The van der Waals surface area contributed by atoms with Crippen LogP contribution in [0.4, 0.5) is 17.6 Å². The summed E-state index contributed by atoms with van der Waals surface area (Å²) in [6.07, 6.45) is 0.905. The normalized spacial score (nSPS) is 15.6. The van der Waals surface area contributed by atoms with E-state index in [9.17, 15) is 22.4 Å². The van der Waals surface area contributed by atoms with Crippen LogP contribution in [0.3, 0.4) is 0 Å². The molecule has 1 fully saturated rings. The highest BCUT2D eigenvalue weighted by Gasteiger charge is 2.42. The predicted octanol–water partition coefficient (Wildman–Crippen LogP) is 3.76. The van der Waals surface area contributed by atoms with Gasteiger partial charge in [0.25, 0.3) is 5.91 Å². The molecule has 3 rings (SSSR count). The SMILES string of the molecule is CN(CCN(C)C1CCCCC1)C(=O)c1nnn(-c2ccc(F)cc2)c1C(F)(F)F. The van der Waals surface area contributed by atoms with E-state index in [2.05, 4.69) is 15.2 Å². The molecule has 0 unspecified atom stereocenters. The van der Waals surface area contributed by atoms with E-state index in [0.29, 0.717) is 17.3 Å². The van der Waals surface area contributed by atoms with Crippen LogP contribution in [-0.4, -0.2) is 63.9 Å². The Kier molecular flexibility index (Phi) is 6.74. The minimum absolute atomic E-state index is 0.0324. The minimum atomic E-state index is -4.86. The summed E-state index contributed by atoms with van der Waals surface area (Å²) in [4.78, 5) is 16.1. The van der Waals surface area contributed by atoms with E-state index in [1.54, 1.807) is 0 Å². The average molecular weight is 427 g/mol. The van der Waals surface area contributed by atoms with Crippen molar-refractivity contribution < 1.29 is 22.4 Å². The molecule has 10 heteroatoms. The van der Waals surface area contributed by atoms with E-state index < -0.39 is 29.3 Å². The molecule has 0 bridgehead atoms. The van der Waals surface area contributed by atoms with Gasteiger partial charge in [-0.2, -0.15) is 13.2 Å². The first-order valence-electron chi connectivity index (χ1n) is 9.93. The fourth-order valence-electron chi connectivity index (χ4n) is 3.74. The number of aromatic nitrogens is 3. The highest BCUT2D eigenvalue weighted by Crippen LogP contribution is 2.33. The summed E-state index contributed by atoms with van der Waals surface area (Å²) in [5, 5.41) is 7.03. The number of hydrogen-bond acceptors (Lipinski definition) is 4. The highest BCUT2D eigenvalue weighted by molar-refractivity contribution is 5.93. The molecule has 1 heterocycles. The lowest BCUT2D eigenvalue weighted by atomic mass is 9.94. The van der Waals surface area contributed by atoms with Crippen LogP contribution in [0.25, 0.3) is 5.69 Å². The number of alkyl halides is 3. The lowest BCUT2D eigenvalue weighted by Gasteiger charge is -2.32. The number of likely N-dealkylation sites (N-methyl/N-ethyl adjacent to an activating group) is 2. The van der Waals surface area contributed by atoms with E-state index in [4.69, 9.17) is 0 Å². The van der Waals surface area contributed by atoms with E-state index >= 15 is 0 Å². The number of rotatable bonds is 6. The smallest absolute Gasteiger partial charge is 0.339 e. The van der Waals surface area contributed by atoms with Gasteiger partial charge >= 0.3 is 6.18 Å². The van der Waals surface area contributed by atoms with Crippen molar-refractivity contribution in [3.63, 3.8) is 0 Å². The zero-order valence-corrected chi connectivity index (χ0v) is 17.0. The van der Waals surface area contributed by atoms with Crippen LogP contribution in [0.5, 0.6) is 0 Å². The molecule has 0 atom stereocenters.